The third kappa shape index (κ3) is 3.97. The number of anilines is 1. The number of aryl methyl sites for hydroxylation is 1. The lowest BCUT2D eigenvalue weighted by Gasteiger charge is -2.24. The molecule has 1 N–H and O–H groups in total. The van der Waals surface area contributed by atoms with Gasteiger partial charge in [0.2, 0.25) is 5.91 Å². The van der Waals surface area contributed by atoms with Crippen LogP contribution in [0.3, 0.4) is 0 Å². The molecule has 6 heteroatoms. The average molecular weight is 377 g/mol. The van der Waals surface area contributed by atoms with E-state index in [1.807, 2.05) is 31.2 Å². The van der Waals surface area contributed by atoms with E-state index in [2.05, 4.69) is 5.32 Å². The highest BCUT2D eigenvalue weighted by molar-refractivity contribution is 6.35. The molecule has 1 heterocycles. The van der Waals surface area contributed by atoms with Crippen molar-refractivity contribution in [2.45, 2.75) is 25.8 Å². The Kier molecular flexibility index (Phi) is 5.30. The number of benzene rings is 2. The molecule has 130 valence electrons. The number of amides is 2. The minimum atomic E-state index is -0.510. The van der Waals surface area contributed by atoms with Crippen molar-refractivity contribution in [1.29, 1.82) is 0 Å². The van der Waals surface area contributed by atoms with Crippen LogP contribution in [0.25, 0.3) is 0 Å². The van der Waals surface area contributed by atoms with E-state index in [0.29, 0.717) is 28.6 Å². The lowest BCUT2D eigenvalue weighted by molar-refractivity contribution is -0.119. The molecule has 0 aromatic heterocycles. The first kappa shape index (κ1) is 17.8. The minimum absolute atomic E-state index is 0.187. The molecule has 3 rings (SSSR count). The zero-order chi connectivity index (χ0) is 18.0. The van der Waals surface area contributed by atoms with Gasteiger partial charge in [-0.15, -0.1) is 0 Å². The number of likely N-dealkylation sites (tertiary alicyclic amines) is 1. The zero-order valence-corrected chi connectivity index (χ0v) is 15.3. The average Bonchev–Trinajstić information content (AvgIpc) is 3.08. The molecule has 0 spiro atoms. The highest BCUT2D eigenvalue weighted by Gasteiger charge is 2.35. The third-order valence-electron chi connectivity index (χ3n) is 4.29. The van der Waals surface area contributed by atoms with E-state index in [1.165, 1.54) is 0 Å². The van der Waals surface area contributed by atoms with Crippen molar-refractivity contribution in [2.24, 2.45) is 0 Å². The van der Waals surface area contributed by atoms with Gasteiger partial charge in [0.25, 0.3) is 5.91 Å². The predicted octanol–water partition coefficient (Wildman–Crippen LogP) is 4.55. The van der Waals surface area contributed by atoms with Crippen molar-refractivity contribution < 1.29 is 9.59 Å². The fraction of sp³-hybridized carbons (Fsp3) is 0.263. The van der Waals surface area contributed by atoms with Gasteiger partial charge in [-0.05, 0) is 50.1 Å². The van der Waals surface area contributed by atoms with E-state index in [1.54, 1.807) is 23.1 Å². The predicted molar refractivity (Wildman–Crippen MR) is 100 cm³/mol. The van der Waals surface area contributed by atoms with Gasteiger partial charge in [-0.1, -0.05) is 40.9 Å². The normalized spacial score (nSPS) is 16.8. The van der Waals surface area contributed by atoms with Crippen LogP contribution in [0.5, 0.6) is 0 Å². The molecule has 0 aliphatic carbocycles. The van der Waals surface area contributed by atoms with Crippen LogP contribution in [0.4, 0.5) is 5.69 Å². The molecule has 1 aliphatic heterocycles. The highest BCUT2D eigenvalue weighted by atomic mass is 35.5. The summed E-state index contributed by atoms with van der Waals surface area (Å²) in [4.78, 5) is 27.0. The lowest BCUT2D eigenvalue weighted by Crippen LogP contribution is -2.43. The van der Waals surface area contributed by atoms with Crippen LogP contribution in [0.15, 0.2) is 42.5 Å². The summed E-state index contributed by atoms with van der Waals surface area (Å²) >= 11 is 12.1. The number of hydrogen-bond acceptors (Lipinski definition) is 2. The molecule has 0 bridgehead atoms. The van der Waals surface area contributed by atoms with E-state index in [4.69, 9.17) is 23.2 Å². The summed E-state index contributed by atoms with van der Waals surface area (Å²) in [5.74, 6) is -0.457. The van der Waals surface area contributed by atoms with Gasteiger partial charge < -0.3 is 10.2 Å². The summed E-state index contributed by atoms with van der Waals surface area (Å²) in [6.07, 6.45) is 1.40. The Morgan fingerprint density at radius 3 is 2.56 bits per heavy atom. The molecule has 1 saturated heterocycles. The first-order chi connectivity index (χ1) is 12.0. The van der Waals surface area contributed by atoms with Crippen LogP contribution in [-0.4, -0.2) is 29.3 Å². The van der Waals surface area contributed by atoms with Crippen molar-refractivity contribution in [3.8, 4) is 0 Å². The highest BCUT2D eigenvalue weighted by Crippen LogP contribution is 2.27. The van der Waals surface area contributed by atoms with E-state index < -0.39 is 6.04 Å². The number of nitrogens with one attached hydrogen (secondary N) is 1. The summed E-state index contributed by atoms with van der Waals surface area (Å²) in [6.45, 7) is 2.51. The third-order valence-corrected chi connectivity index (χ3v) is 4.86. The van der Waals surface area contributed by atoms with Crippen molar-refractivity contribution in [3.63, 3.8) is 0 Å². The Morgan fingerprint density at radius 1 is 1.12 bits per heavy atom. The second-order valence-corrected chi connectivity index (χ2v) is 6.98. The molecule has 2 aromatic rings. The van der Waals surface area contributed by atoms with Gasteiger partial charge in [-0.25, -0.2) is 0 Å². The molecular weight excluding hydrogens is 359 g/mol. The number of halogens is 2. The summed E-state index contributed by atoms with van der Waals surface area (Å²) in [5, 5.41) is 3.65. The first-order valence-corrected chi connectivity index (χ1v) is 8.85. The summed E-state index contributed by atoms with van der Waals surface area (Å²) < 4.78 is 0. The van der Waals surface area contributed by atoms with Crippen LogP contribution in [0.2, 0.25) is 10.0 Å². The fourth-order valence-electron chi connectivity index (χ4n) is 2.96. The Bertz CT molecular complexity index is 806. The summed E-state index contributed by atoms with van der Waals surface area (Å²) in [6, 6.07) is 11.8. The van der Waals surface area contributed by atoms with Gasteiger partial charge in [-0.2, -0.15) is 0 Å². The number of rotatable bonds is 3. The van der Waals surface area contributed by atoms with Gasteiger partial charge in [0.15, 0.2) is 0 Å². The molecule has 1 unspecified atom stereocenters. The molecular formula is C19H18Cl2N2O2. The van der Waals surface area contributed by atoms with Crippen LogP contribution >= 0.6 is 23.2 Å². The van der Waals surface area contributed by atoms with Crippen molar-refractivity contribution >= 4 is 40.7 Å². The van der Waals surface area contributed by atoms with Crippen molar-refractivity contribution in [1.82, 2.24) is 4.90 Å². The van der Waals surface area contributed by atoms with E-state index >= 15 is 0 Å². The topological polar surface area (TPSA) is 49.4 Å². The van der Waals surface area contributed by atoms with Crippen LogP contribution in [0, 0.1) is 6.92 Å². The van der Waals surface area contributed by atoms with Gasteiger partial charge in [0.1, 0.15) is 6.04 Å². The smallest absolute Gasteiger partial charge is 0.256 e. The maximum atomic E-state index is 12.8. The molecule has 0 radical (unpaired) electrons. The van der Waals surface area contributed by atoms with Gasteiger partial charge in [-0.3, -0.25) is 9.59 Å². The quantitative estimate of drug-likeness (QED) is 0.854. The second-order valence-electron chi connectivity index (χ2n) is 6.14. The molecule has 0 saturated carbocycles. The molecule has 25 heavy (non-hydrogen) atoms. The Balaban J connectivity index is 1.77. The Hall–Kier alpha value is -2.04. The molecule has 1 atom stereocenters. The number of hydrogen-bond donors (Lipinski definition) is 1. The Morgan fingerprint density at radius 2 is 1.84 bits per heavy atom. The number of nitrogens with zero attached hydrogens (tertiary/aromatic N) is 1. The van der Waals surface area contributed by atoms with Crippen molar-refractivity contribution in [3.05, 3.63) is 63.6 Å². The molecule has 2 amide bonds. The SMILES string of the molecule is Cc1ccc(NC(=O)C2CCCN2C(=O)c2cc(Cl)ccc2Cl)cc1. The standard InChI is InChI=1S/C19H18Cl2N2O2/c1-12-4-7-14(8-5-12)22-18(24)17-3-2-10-23(17)19(25)15-11-13(20)6-9-16(15)21/h4-9,11,17H,2-3,10H2,1H3,(H,22,24). The summed E-state index contributed by atoms with van der Waals surface area (Å²) in [5.41, 5.74) is 2.16. The Labute approximate surface area is 156 Å². The maximum Gasteiger partial charge on any atom is 0.256 e. The fourth-order valence-corrected chi connectivity index (χ4v) is 3.33. The van der Waals surface area contributed by atoms with Gasteiger partial charge in [0, 0.05) is 17.3 Å². The van der Waals surface area contributed by atoms with E-state index in [-0.39, 0.29) is 11.8 Å². The van der Waals surface area contributed by atoms with E-state index in [0.717, 1.165) is 17.7 Å². The van der Waals surface area contributed by atoms with Gasteiger partial charge in [0.05, 0.1) is 10.6 Å². The molecule has 2 aromatic carbocycles. The first-order valence-electron chi connectivity index (χ1n) is 8.09. The van der Waals surface area contributed by atoms with Crippen LogP contribution in [0.1, 0.15) is 28.8 Å². The maximum absolute atomic E-state index is 12.8. The van der Waals surface area contributed by atoms with Crippen LogP contribution in [-0.2, 0) is 4.79 Å². The number of carbonyl (C=O) groups excluding carboxylic acids is 2. The zero-order valence-electron chi connectivity index (χ0n) is 13.8. The largest absolute Gasteiger partial charge is 0.327 e. The van der Waals surface area contributed by atoms with Crippen molar-refractivity contribution in [2.75, 3.05) is 11.9 Å². The van der Waals surface area contributed by atoms with E-state index in [9.17, 15) is 9.59 Å². The number of carbonyl (C=O) groups is 2. The monoisotopic (exact) mass is 376 g/mol. The van der Waals surface area contributed by atoms with Crippen LogP contribution < -0.4 is 5.32 Å². The summed E-state index contributed by atoms with van der Waals surface area (Å²) in [7, 11) is 0. The lowest BCUT2D eigenvalue weighted by atomic mass is 10.1. The molecule has 1 fully saturated rings. The second kappa shape index (κ2) is 7.46. The molecule has 4 nitrogen and oxygen atoms in total. The van der Waals surface area contributed by atoms with Gasteiger partial charge >= 0.3 is 0 Å². The molecule has 1 aliphatic rings. The minimum Gasteiger partial charge on any atom is -0.327 e.